The van der Waals surface area contributed by atoms with Gasteiger partial charge in [-0.25, -0.2) is 9.78 Å². The van der Waals surface area contributed by atoms with Crippen molar-refractivity contribution in [2.24, 2.45) is 0 Å². The summed E-state index contributed by atoms with van der Waals surface area (Å²) in [5.41, 5.74) is 1.83. The van der Waals surface area contributed by atoms with Crippen LogP contribution in [0.5, 0.6) is 11.6 Å². The van der Waals surface area contributed by atoms with Gasteiger partial charge in [-0.15, -0.1) is 0 Å². The maximum Gasteiger partial charge on any atom is 0.339 e. The molecule has 98 valence electrons. The number of hydrogen-bond acceptors (Lipinski definition) is 3. The lowest BCUT2D eigenvalue weighted by atomic mass is 10.1. The van der Waals surface area contributed by atoms with Crippen LogP contribution >= 0.6 is 15.9 Å². The number of pyridine rings is 1. The van der Waals surface area contributed by atoms with Gasteiger partial charge in [0, 0.05) is 6.20 Å². The van der Waals surface area contributed by atoms with E-state index in [9.17, 15) is 9.90 Å². The van der Waals surface area contributed by atoms with Crippen molar-refractivity contribution < 1.29 is 14.6 Å². The lowest BCUT2D eigenvalue weighted by Gasteiger charge is -2.12. The molecule has 0 spiro atoms. The van der Waals surface area contributed by atoms with Gasteiger partial charge in [0.1, 0.15) is 11.3 Å². The molecule has 1 aromatic heterocycles. The van der Waals surface area contributed by atoms with Crippen LogP contribution in [0, 0.1) is 13.8 Å². The van der Waals surface area contributed by atoms with E-state index < -0.39 is 5.97 Å². The summed E-state index contributed by atoms with van der Waals surface area (Å²) >= 11 is 3.39. The third kappa shape index (κ3) is 2.76. The number of carbonyl (C=O) groups is 1. The fourth-order valence-corrected chi connectivity index (χ4v) is 1.95. The molecule has 0 unspecified atom stereocenters. The van der Waals surface area contributed by atoms with Crippen LogP contribution in [-0.4, -0.2) is 16.1 Å². The Morgan fingerprint density at radius 2 is 2.00 bits per heavy atom. The second-order valence-electron chi connectivity index (χ2n) is 4.11. The number of aromatic carboxylic acids is 1. The topological polar surface area (TPSA) is 59.4 Å². The van der Waals surface area contributed by atoms with E-state index in [1.54, 1.807) is 25.3 Å². The van der Waals surface area contributed by atoms with Gasteiger partial charge in [0.25, 0.3) is 0 Å². The standard InChI is InChI=1S/C14H12BrNO3/c1-8-6-7-16-13(11(8)15)19-12-9(2)4-3-5-10(12)14(17)18/h3-7H,1-2H3,(H,17,18). The minimum absolute atomic E-state index is 0.121. The third-order valence-electron chi connectivity index (χ3n) is 2.69. The molecule has 0 saturated carbocycles. The van der Waals surface area contributed by atoms with E-state index in [-0.39, 0.29) is 5.56 Å². The number of carboxylic acids is 1. The number of aryl methyl sites for hydroxylation is 2. The summed E-state index contributed by atoms with van der Waals surface area (Å²) in [5, 5.41) is 9.18. The second kappa shape index (κ2) is 5.40. The smallest absolute Gasteiger partial charge is 0.339 e. The molecule has 2 aromatic rings. The molecule has 0 fully saturated rings. The summed E-state index contributed by atoms with van der Waals surface area (Å²) in [5.74, 6) is -0.354. The molecule has 0 atom stereocenters. The lowest BCUT2D eigenvalue weighted by Crippen LogP contribution is -2.02. The van der Waals surface area contributed by atoms with Crippen molar-refractivity contribution in [3.8, 4) is 11.6 Å². The van der Waals surface area contributed by atoms with Crippen molar-refractivity contribution in [2.75, 3.05) is 0 Å². The van der Waals surface area contributed by atoms with Crippen LogP contribution < -0.4 is 4.74 Å². The summed E-state index contributed by atoms with van der Waals surface area (Å²) in [6.07, 6.45) is 1.62. The molecule has 1 N–H and O–H groups in total. The first-order valence-electron chi connectivity index (χ1n) is 5.62. The largest absolute Gasteiger partial charge is 0.478 e. The van der Waals surface area contributed by atoms with Crippen molar-refractivity contribution in [3.63, 3.8) is 0 Å². The number of para-hydroxylation sites is 1. The van der Waals surface area contributed by atoms with E-state index in [0.717, 1.165) is 15.6 Å². The molecule has 0 saturated heterocycles. The molecule has 0 amide bonds. The van der Waals surface area contributed by atoms with Crippen LogP contribution in [0.25, 0.3) is 0 Å². The molecule has 5 heteroatoms. The molecule has 0 aliphatic carbocycles. The Bertz CT molecular complexity index is 641. The predicted molar refractivity (Wildman–Crippen MR) is 74.9 cm³/mol. The normalized spacial score (nSPS) is 10.3. The second-order valence-corrected chi connectivity index (χ2v) is 4.90. The molecular weight excluding hydrogens is 310 g/mol. The van der Waals surface area contributed by atoms with E-state index in [4.69, 9.17) is 4.74 Å². The van der Waals surface area contributed by atoms with Crippen molar-refractivity contribution in [1.29, 1.82) is 0 Å². The first kappa shape index (κ1) is 13.5. The quantitative estimate of drug-likeness (QED) is 0.929. The van der Waals surface area contributed by atoms with Crippen molar-refractivity contribution in [1.82, 2.24) is 4.98 Å². The van der Waals surface area contributed by atoms with Gasteiger partial charge in [0.05, 0.1) is 4.47 Å². The number of ether oxygens (including phenoxy) is 1. The highest BCUT2D eigenvalue weighted by atomic mass is 79.9. The van der Waals surface area contributed by atoms with Crippen LogP contribution in [0.3, 0.4) is 0 Å². The molecule has 0 radical (unpaired) electrons. The van der Waals surface area contributed by atoms with Gasteiger partial charge in [0.2, 0.25) is 5.88 Å². The van der Waals surface area contributed by atoms with Gasteiger partial charge in [0.15, 0.2) is 0 Å². The maximum absolute atomic E-state index is 11.2. The Morgan fingerprint density at radius 3 is 2.68 bits per heavy atom. The summed E-state index contributed by atoms with van der Waals surface area (Å²) < 4.78 is 6.39. The molecule has 2 rings (SSSR count). The number of benzene rings is 1. The molecular formula is C14H12BrNO3. The van der Waals surface area contributed by atoms with E-state index in [0.29, 0.717) is 11.6 Å². The number of hydrogen-bond donors (Lipinski definition) is 1. The van der Waals surface area contributed by atoms with Gasteiger partial charge >= 0.3 is 5.97 Å². The number of rotatable bonds is 3. The number of carboxylic acid groups (broad SMARTS) is 1. The van der Waals surface area contributed by atoms with Crippen LogP contribution in [-0.2, 0) is 0 Å². The number of nitrogens with zero attached hydrogens (tertiary/aromatic N) is 1. The summed E-state index contributed by atoms with van der Waals surface area (Å²) in [6.45, 7) is 3.71. The Hall–Kier alpha value is -1.88. The van der Waals surface area contributed by atoms with Gasteiger partial charge in [-0.05, 0) is 53.0 Å². The molecule has 0 bridgehead atoms. The highest BCUT2D eigenvalue weighted by molar-refractivity contribution is 9.10. The first-order valence-corrected chi connectivity index (χ1v) is 6.42. The SMILES string of the molecule is Cc1ccnc(Oc2c(C)cccc2C(=O)O)c1Br. The Labute approximate surface area is 119 Å². The third-order valence-corrected chi connectivity index (χ3v) is 3.66. The summed E-state index contributed by atoms with van der Waals surface area (Å²) in [4.78, 5) is 15.3. The molecule has 0 aliphatic heterocycles. The van der Waals surface area contributed by atoms with Crippen LogP contribution in [0.15, 0.2) is 34.9 Å². The fraction of sp³-hybridized carbons (Fsp3) is 0.143. The zero-order chi connectivity index (χ0) is 14.0. The predicted octanol–water partition coefficient (Wildman–Crippen LogP) is 3.95. The summed E-state index contributed by atoms with van der Waals surface area (Å²) in [7, 11) is 0. The van der Waals surface area contributed by atoms with Crippen molar-refractivity contribution in [2.45, 2.75) is 13.8 Å². The zero-order valence-corrected chi connectivity index (χ0v) is 12.1. The highest BCUT2D eigenvalue weighted by Gasteiger charge is 2.16. The minimum atomic E-state index is -1.03. The van der Waals surface area contributed by atoms with E-state index in [1.807, 2.05) is 13.0 Å². The molecule has 1 aromatic carbocycles. The molecule has 1 heterocycles. The van der Waals surface area contributed by atoms with Crippen LogP contribution in [0.4, 0.5) is 0 Å². The van der Waals surface area contributed by atoms with E-state index >= 15 is 0 Å². The maximum atomic E-state index is 11.2. The monoisotopic (exact) mass is 321 g/mol. The highest BCUT2D eigenvalue weighted by Crippen LogP contribution is 2.33. The van der Waals surface area contributed by atoms with Gasteiger partial charge < -0.3 is 9.84 Å². The van der Waals surface area contributed by atoms with Crippen molar-refractivity contribution >= 4 is 21.9 Å². The van der Waals surface area contributed by atoms with Crippen molar-refractivity contribution in [3.05, 3.63) is 51.6 Å². The Morgan fingerprint density at radius 1 is 1.26 bits per heavy atom. The van der Waals surface area contributed by atoms with Crippen LogP contribution in [0.2, 0.25) is 0 Å². The lowest BCUT2D eigenvalue weighted by molar-refractivity contribution is 0.0694. The minimum Gasteiger partial charge on any atom is -0.478 e. The Kier molecular flexibility index (Phi) is 3.85. The Balaban J connectivity index is 2.49. The fourth-order valence-electron chi connectivity index (χ4n) is 1.64. The van der Waals surface area contributed by atoms with Gasteiger partial charge in [-0.2, -0.15) is 0 Å². The average molecular weight is 322 g/mol. The first-order chi connectivity index (χ1) is 9.00. The number of aromatic nitrogens is 1. The van der Waals surface area contributed by atoms with Crippen LogP contribution in [0.1, 0.15) is 21.5 Å². The van der Waals surface area contributed by atoms with Gasteiger partial charge in [-0.3, -0.25) is 0 Å². The summed E-state index contributed by atoms with van der Waals surface area (Å²) in [6, 6.07) is 6.83. The molecule has 0 aliphatic rings. The zero-order valence-electron chi connectivity index (χ0n) is 10.5. The van der Waals surface area contributed by atoms with E-state index in [2.05, 4.69) is 20.9 Å². The van der Waals surface area contributed by atoms with Gasteiger partial charge in [-0.1, -0.05) is 12.1 Å². The van der Waals surface area contributed by atoms with E-state index in [1.165, 1.54) is 6.07 Å². The molecule has 19 heavy (non-hydrogen) atoms. The number of halogens is 1. The molecule has 4 nitrogen and oxygen atoms in total. The average Bonchev–Trinajstić information content (AvgIpc) is 2.36.